The van der Waals surface area contributed by atoms with E-state index in [1.807, 2.05) is 13.1 Å². The van der Waals surface area contributed by atoms with Crippen LogP contribution in [0.25, 0.3) is 0 Å². The van der Waals surface area contributed by atoms with Gasteiger partial charge < -0.3 is 5.73 Å². The van der Waals surface area contributed by atoms with E-state index in [0.29, 0.717) is 0 Å². The summed E-state index contributed by atoms with van der Waals surface area (Å²) < 4.78 is 2.09. The second kappa shape index (κ2) is 4.79. The molecule has 0 bridgehead atoms. The van der Waals surface area contributed by atoms with E-state index in [2.05, 4.69) is 16.0 Å². The van der Waals surface area contributed by atoms with E-state index in [4.69, 9.17) is 5.73 Å². The van der Waals surface area contributed by atoms with Crippen molar-refractivity contribution in [1.82, 2.24) is 9.78 Å². The van der Waals surface area contributed by atoms with E-state index < -0.39 is 0 Å². The first kappa shape index (κ1) is 10.7. The van der Waals surface area contributed by atoms with E-state index in [9.17, 15) is 0 Å². The summed E-state index contributed by atoms with van der Waals surface area (Å²) in [5.74, 6) is 0.855. The Balaban J connectivity index is 1.88. The highest BCUT2D eigenvalue weighted by molar-refractivity contribution is 5.05. The summed E-state index contributed by atoms with van der Waals surface area (Å²) in [6, 6.07) is 0.231. The molecule has 1 aliphatic rings. The van der Waals surface area contributed by atoms with Crippen molar-refractivity contribution in [1.29, 1.82) is 0 Å². The summed E-state index contributed by atoms with van der Waals surface area (Å²) in [6.45, 7) is 3.13. The SMILES string of the molecule is CC(N)Cc1cnn(CC2CCCC2)c1. The fraction of sp³-hybridized carbons (Fsp3) is 0.750. The van der Waals surface area contributed by atoms with Crippen molar-refractivity contribution in [3.8, 4) is 0 Å². The lowest BCUT2D eigenvalue weighted by Gasteiger charge is -2.08. The minimum absolute atomic E-state index is 0.231. The van der Waals surface area contributed by atoms with Crippen LogP contribution < -0.4 is 5.73 Å². The van der Waals surface area contributed by atoms with E-state index in [0.717, 1.165) is 18.9 Å². The lowest BCUT2D eigenvalue weighted by molar-refractivity contribution is 0.429. The van der Waals surface area contributed by atoms with Gasteiger partial charge in [-0.2, -0.15) is 5.10 Å². The number of rotatable bonds is 4. The molecule has 1 aliphatic carbocycles. The first-order valence-electron chi connectivity index (χ1n) is 6.01. The van der Waals surface area contributed by atoms with Gasteiger partial charge in [0.1, 0.15) is 0 Å². The van der Waals surface area contributed by atoms with Crippen LogP contribution in [-0.2, 0) is 13.0 Å². The first-order chi connectivity index (χ1) is 7.24. The molecule has 0 amide bonds. The highest BCUT2D eigenvalue weighted by Crippen LogP contribution is 2.25. The number of aromatic nitrogens is 2. The van der Waals surface area contributed by atoms with Crippen LogP contribution in [0.5, 0.6) is 0 Å². The first-order valence-corrected chi connectivity index (χ1v) is 6.01. The van der Waals surface area contributed by atoms with Gasteiger partial charge in [0, 0.05) is 18.8 Å². The Kier molecular flexibility index (Phi) is 3.41. The molecule has 1 heterocycles. The van der Waals surface area contributed by atoms with Gasteiger partial charge in [-0.15, -0.1) is 0 Å². The van der Waals surface area contributed by atoms with Gasteiger partial charge in [0.2, 0.25) is 0 Å². The highest BCUT2D eigenvalue weighted by Gasteiger charge is 2.15. The molecule has 15 heavy (non-hydrogen) atoms. The molecule has 1 fully saturated rings. The maximum atomic E-state index is 5.76. The zero-order valence-corrected chi connectivity index (χ0v) is 9.52. The van der Waals surface area contributed by atoms with Gasteiger partial charge in [-0.3, -0.25) is 4.68 Å². The molecule has 1 saturated carbocycles. The summed E-state index contributed by atoms with van der Waals surface area (Å²) in [4.78, 5) is 0. The zero-order valence-electron chi connectivity index (χ0n) is 9.52. The Morgan fingerprint density at radius 2 is 2.27 bits per heavy atom. The smallest absolute Gasteiger partial charge is 0.0522 e. The molecule has 0 spiro atoms. The van der Waals surface area contributed by atoms with Crippen molar-refractivity contribution in [3.63, 3.8) is 0 Å². The van der Waals surface area contributed by atoms with E-state index in [1.165, 1.54) is 31.2 Å². The molecular weight excluding hydrogens is 186 g/mol. The molecule has 1 aromatic rings. The van der Waals surface area contributed by atoms with Crippen LogP contribution in [-0.4, -0.2) is 15.8 Å². The minimum atomic E-state index is 0.231. The third-order valence-corrected chi connectivity index (χ3v) is 3.16. The third kappa shape index (κ3) is 3.06. The molecule has 2 rings (SSSR count). The van der Waals surface area contributed by atoms with Crippen LogP contribution in [0.2, 0.25) is 0 Å². The number of hydrogen-bond donors (Lipinski definition) is 1. The van der Waals surface area contributed by atoms with Crippen LogP contribution in [0.15, 0.2) is 12.4 Å². The molecule has 1 aromatic heterocycles. The highest BCUT2D eigenvalue weighted by atomic mass is 15.3. The fourth-order valence-electron chi connectivity index (χ4n) is 2.44. The molecular formula is C12H21N3. The molecule has 3 nitrogen and oxygen atoms in total. The fourth-order valence-corrected chi connectivity index (χ4v) is 2.44. The van der Waals surface area contributed by atoms with Crippen molar-refractivity contribution in [2.45, 2.75) is 51.6 Å². The molecule has 0 radical (unpaired) electrons. The van der Waals surface area contributed by atoms with Crippen LogP contribution in [0.1, 0.15) is 38.2 Å². The third-order valence-electron chi connectivity index (χ3n) is 3.16. The van der Waals surface area contributed by atoms with Gasteiger partial charge >= 0.3 is 0 Å². The van der Waals surface area contributed by atoms with Crippen molar-refractivity contribution < 1.29 is 0 Å². The number of nitrogens with zero attached hydrogens (tertiary/aromatic N) is 2. The molecule has 0 aliphatic heterocycles. The molecule has 1 unspecified atom stereocenters. The van der Waals surface area contributed by atoms with E-state index in [1.54, 1.807) is 0 Å². The monoisotopic (exact) mass is 207 g/mol. The van der Waals surface area contributed by atoms with Gasteiger partial charge in [-0.25, -0.2) is 0 Å². The minimum Gasteiger partial charge on any atom is -0.328 e. The Labute approximate surface area is 91.7 Å². The predicted molar refractivity (Wildman–Crippen MR) is 61.5 cm³/mol. The van der Waals surface area contributed by atoms with Gasteiger partial charge in [0.25, 0.3) is 0 Å². The Bertz CT molecular complexity index is 298. The van der Waals surface area contributed by atoms with Crippen molar-refractivity contribution in [2.24, 2.45) is 11.7 Å². The summed E-state index contributed by atoms with van der Waals surface area (Å²) in [7, 11) is 0. The Morgan fingerprint density at radius 1 is 1.53 bits per heavy atom. The maximum absolute atomic E-state index is 5.76. The van der Waals surface area contributed by atoms with Crippen LogP contribution >= 0.6 is 0 Å². The number of nitrogens with two attached hydrogens (primary N) is 1. The topological polar surface area (TPSA) is 43.8 Å². The summed E-state index contributed by atoms with van der Waals surface area (Å²) >= 11 is 0. The van der Waals surface area contributed by atoms with Crippen molar-refractivity contribution >= 4 is 0 Å². The summed E-state index contributed by atoms with van der Waals surface area (Å²) in [5, 5.41) is 4.39. The van der Waals surface area contributed by atoms with Crippen molar-refractivity contribution in [3.05, 3.63) is 18.0 Å². The molecule has 3 heteroatoms. The van der Waals surface area contributed by atoms with E-state index in [-0.39, 0.29) is 6.04 Å². The maximum Gasteiger partial charge on any atom is 0.0522 e. The largest absolute Gasteiger partial charge is 0.328 e. The molecule has 1 atom stereocenters. The van der Waals surface area contributed by atoms with Gasteiger partial charge in [0.05, 0.1) is 6.20 Å². The van der Waals surface area contributed by atoms with E-state index >= 15 is 0 Å². The lowest BCUT2D eigenvalue weighted by Crippen LogP contribution is -2.17. The summed E-state index contributed by atoms with van der Waals surface area (Å²) in [6.07, 6.45) is 10.6. The Morgan fingerprint density at radius 3 is 2.93 bits per heavy atom. The van der Waals surface area contributed by atoms with Crippen LogP contribution in [0.4, 0.5) is 0 Å². The van der Waals surface area contributed by atoms with Gasteiger partial charge in [-0.1, -0.05) is 12.8 Å². The predicted octanol–water partition coefficient (Wildman–Crippen LogP) is 1.96. The lowest BCUT2D eigenvalue weighted by atomic mass is 10.1. The summed E-state index contributed by atoms with van der Waals surface area (Å²) in [5.41, 5.74) is 7.03. The normalized spacial score (nSPS) is 19.6. The Hall–Kier alpha value is -0.830. The zero-order chi connectivity index (χ0) is 10.7. The standard InChI is InChI=1S/C12H21N3/c1-10(13)6-12-7-14-15(9-12)8-11-4-2-3-5-11/h7,9-11H,2-6,8,13H2,1H3. The average molecular weight is 207 g/mol. The van der Waals surface area contributed by atoms with Crippen molar-refractivity contribution in [2.75, 3.05) is 0 Å². The molecule has 0 saturated heterocycles. The van der Waals surface area contributed by atoms with Gasteiger partial charge in [-0.05, 0) is 37.7 Å². The van der Waals surface area contributed by atoms with Crippen LogP contribution in [0.3, 0.4) is 0 Å². The average Bonchev–Trinajstić information content (AvgIpc) is 2.77. The number of hydrogen-bond acceptors (Lipinski definition) is 2. The quantitative estimate of drug-likeness (QED) is 0.820. The molecule has 0 aromatic carbocycles. The molecule has 84 valence electrons. The second-order valence-electron chi connectivity index (χ2n) is 4.90. The van der Waals surface area contributed by atoms with Crippen LogP contribution in [0, 0.1) is 5.92 Å². The second-order valence-corrected chi connectivity index (χ2v) is 4.90. The van der Waals surface area contributed by atoms with Gasteiger partial charge in [0.15, 0.2) is 0 Å². The molecule has 2 N–H and O–H groups in total.